The Hall–Kier alpha value is -1.80. The number of ether oxygens (including phenoxy) is 2. The second kappa shape index (κ2) is 8.14. The van der Waals surface area contributed by atoms with Gasteiger partial charge in [-0.25, -0.2) is 0 Å². The minimum absolute atomic E-state index is 0.0493. The zero-order chi connectivity index (χ0) is 20.5. The number of carbonyl (C=O) groups is 1. The Bertz CT molecular complexity index is 726. The van der Waals surface area contributed by atoms with Gasteiger partial charge in [-0.1, -0.05) is 6.07 Å². The topological polar surface area (TPSA) is 50.8 Å². The smallest absolute Gasteiger partial charge is 0.416 e. The quantitative estimate of drug-likeness (QED) is 0.770. The van der Waals surface area contributed by atoms with Crippen molar-refractivity contribution >= 4 is 5.97 Å². The lowest BCUT2D eigenvalue weighted by Gasteiger charge is -2.33. The molecule has 1 aromatic rings. The van der Waals surface area contributed by atoms with E-state index in [2.05, 4.69) is 10.2 Å². The summed E-state index contributed by atoms with van der Waals surface area (Å²) in [7, 11) is 0. The van der Waals surface area contributed by atoms with Crippen LogP contribution < -0.4 is 10.1 Å². The minimum Gasteiger partial charge on any atom is -0.490 e. The average Bonchev–Trinajstić information content (AvgIpc) is 2.98. The highest BCUT2D eigenvalue weighted by Gasteiger charge is 2.49. The van der Waals surface area contributed by atoms with Gasteiger partial charge < -0.3 is 14.8 Å². The summed E-state index contributed by atoms with van der Waals surface area (Å²) in [4.78, 5) is 14.7. The van der Waals surface area contributed by atoms with Crippen molar-refractivity contribution in [3.8, 4) is 5.75 Å². The Morgan fingerprint density at radius 3 is 2.62 bits per heavy atom. The van der Waals surface area contributed by atoms with Gasteiger partial charge in [0.15, 0.2) is 0 Å². The van der Waals surface area contributed by atoms with Crippen molar-refractivity contribution in [3.63, 3.8) is 0 Å². The number of alkyl halides is 3. The predicted octanol–water partition coefficient (Wildman–Crippen LogP) is 3.23. The zero-order valence-corrected chi connectivity index (χ0v) is 16.3. The van der Waals surface area contributed by atoms with Gasteiger partial charge in [0.1, 0.15) is 18.0 Å². The molecule has 0 radical (unpaired) electrons. The number of nitrogens with one attached hydrogen (secondary N) is 1. The Morgan fingerprint density at radius 1 is 1.21 bits per heavy atom. The Labute approximate surface area is 168 Å². The molecule has 8 heteroatoms. The standard InChI is InChI=1S/C21H27F3N2O3/c22-21(23,24)15-2-1-3-17(12-15)28-16-4-10-26(11-5-16)14-18-13-20(19(27)29-18)6-8-25-9-7-20/h1-3,12,16,18,25H,4-11,13-14H2. The minimum atomic E-state index is -4.37. The van der Waals surface area contributed by atoms with Crippen LogP contribution in [0.2, 0.25) is 0 Å². The molecule has 0 aromatic heterocycles. The SMILES string of the molecule is O=C1OC(CN2CCC(Oc3cccc(C(F)(F)F)c3)CC2)CC12CCNCC2. The van der Waals surface area contributed by atoms with Gasteiger partial charge in [0.2, 0.25) is 0 Å². The second-order valence-corrected chi connectivity index (χ2v) is 8.41. The van der Waals surface area contributed by atoms with Crippen LogP contribution >= 0.6 is 0 Å². The number of piperidine rings is 2. The van der Waals surface area contributed by atoms with Crippen LogP contribution in [0.4, 0.5) is 13.2 Å². The third kappa shape index (κ3) is 4.69. The molecule has 1 N–H and O–H groups in total. The maximum Gasteiger partial charge on any atom is 0.416 e. The van der Waals surface area contributed by atoms with Crippen LogP contribution in [0.1, 0.15) is 37.7 Å². The average molecular weight is 412 g/mol. The van der Waals surface area contributed by atoms with E-state index in [1.807, 2.05) is 0 Å². The number of esters is 1. The normalized spacial score (nSPS) is 25.9. The van der Waals surface area contributed by atoms with Gasteiger partial charge in [-0.15, -0.1) is 0 Å². The number of likely N-dealkylation sites (tertiary alicyclic amines) is 1. The van der Waals surface area contributed by atoms with Gasteiger partial charge in [0.25, 0.3) is 0 Å². The summed E-state index contributed by atoms with van der Waals surface area (Å²) < 4.78 is 50.0. The van der Waals surface area contributed by atoms with Gasteiger partial charge in [0.05, 0.1) is 11.0 Å². The van der Waals surface area contributed by atoms with E-state index in [-0.39, 0.29) is 29.3 Å². The van der Waals surface area contributed by atoms with Crippen LogP contribution in [0, 0.1) is 5.41 Å². The summed E-state index contributed by atoms with van der Waals surface area (Å²) in [6.45, 7) is 4.01. The van der Waals surface area contributed by atoms with E-state index in [0.29, 0.717) is 0 Å². The summed E-state index contributed by atoms with van der Waals surface area (Å²) in [5, 5.41) is 3.29. The summed E-state index contributed by atoms with van der Waals surface area (Å²) in [6, 6.07) is 5.05. The largest absolute Gasteiger partial charge is 0.490 e. The van der Waals surface area contributed by atoms with Gasteiger partial charge in [0, 0.05) is 26.1 Å². The van der Waals surface area contributed by atoms with Crippen molar-refractivity contribution in [3.05, 3.63) is 29.8 Å². The molecule has 3 fully saturated rings. The third-order valence-electron chi connectivity index (χ3n) is 6.35. The number of hydrogen-bond donors (Lipinski definition) is 1. The van der Waals surface area contributed by atoms with Crippen LogP contribution in [0.25, 0.3) is 0 Å². The van der Waals surface area contributed by atoms with Crippen molar-refractivity contribution in [1.82, 2.24) is 10.2 Å². The number of nitrogens with zero attached hydrogens (tertiary/aromatic N) is 1. The first-order chi connectivity index (χ1) is 13.8. The van der Waals surface area contributed by atoms with Crippen LogP contribution in [-0.4, -0.2) is 55.8 Å². The number of halogens is 3. The highest BCUT2D eigenvalue weighted by Crippen LogP contribution is 2.42. The molecule has 4 rings (SSSR count). The van der Waals surface area contributed by atoms with Gasteiger partial charge in [-0.05, 0) is 57.0 Å². The third-order valence-corrected chi connectivity index (χ3v) is 6.35. The first-order valence-electron chi connectivity index (χ1n) is 10.3. The van der Waals surface area contributed by atoms with E-state index >= 15 is 0 Å². The molecule has 0 saturated carbocycles. The molecule has 3 heterocycles. The molecule has 3 aliphatic rings. The lowest BCUT2D eigenvalue weighted by atomic mass is 9.76. The molecule has 1 atom stereocenters. The van der Waals surface area contributed by atoms with E-state index in [1.54, 1.807) is 6.07 Å². The van der Waals surface area contributed by atoms with Gasteiger partial charge in [-0.3, -0.25) is 9.69 Å². The fourth-order valence-corrected chi connectivity index (χ4v) is 4.69. The highest BCUT2D eigenvalue weighted by atomic mass is 19.4. The number of carbonyl (C=O) groups excluding carboxylic acids is 1. The molecule has 0 amide bonds. The molecule has 3 saturated heterocycles. The molecule has 3 aliphatic heterocycles. The second-order valence-electron chi connectivity index (χ2n) is 8.41. The Morgan fingerprint density at radius 2 is 1.93 bits per heavy atom. The number of rotatable bonds is 4. The monoisotopic (exact) mass is 412 g/mol. The molecule has 0 aliphatic carbocycles. The molecule has 160 valence electrons. The summed E-state index contributed by atoms with van der Waals surface area (Å²) in [5.74, 6) is 0.211. The fraction of sp³-hybridized carbons (Fsp3) is 0.667. The molecule has 1 aromatic carbocycles. The highest BCUT2D eigenvalue weighted by molar-refractivity contribution is 5.79. The molecular weight excluding hydrogens is 385 g/mol. The lowest BCUT2D eigenvalue weighted by molar-refractivity contribution is -0.150. The zero-order valence-electron chi connectivity index (χ0n) is 16.3. The summed E-state index contributed by atoms with van der Waals surface area (Å²) in [5.41, 5.74) is -0.997. The molecule has 29 heavy (non-hydrogen) atoms. The first-order valence-corrected chi connectivity index (χ1v) is 10.3. The summed E-state index contributed by atoms with van der Waals surface area (Å²) >= 11 is 0. The molecule has 1 spiro atoms. The number of benzene rings is 1. The maximum absolute atomic E-state index is 12.8. The summed E-state index contributed by atoms with van der Waals surface area (Å²) in [6.07, 6.45) is -0.581. The molecule has 0 bridgehead atoms. The van der Waals surface area contributed by atoms with Crippen LogP contribution in [0.5, 0.6) is 5.75 Å². The van der Waals surface area contributed by atoms with E-state index in [0.717, 1.165) is 77.0 Å². The number of hydrogen-bond acceptors (Lipinski definition) is 5. The van der Waals surface area contributed by atoms with E-state index in [1.165, 1.54) is 6.07 Å². The lowest BCUT2D eigenvalue weighted by Crippen LogP contribution is -2.42. The van der Waals surface area contributed by atoms with Gasteiger partial charge in [-0.2, -0.15) is 13.2 Å². The van der Waals surface area contributed by atoms with Crippen LogP contribution in [0.15, 0.2) is 24.3 Å². The van der Waals surface area contributed by atoms with Crippen molar-refractivity contribution < 1.29 is 27.4 Å². The maximum atomic E-state index is 12.8. The van der Waals surface area contributed by atoms with Crippen molar-refractivity contribution in [2.45, 2.75) is 50.5 Å². The molecular formula is C21H27F3N2O3. The van der Waals surface area contributed by atoms with E-state index in [9.17, 15) is 18.0 Å². The van der Waals surface area contributed by atoms with Crippen LogP contribution in [0.3, 0.4) is 0 Å². The Balaban J connectivity index is 1.26. The number of cyclic esters (lactones) is 1. The van der Waals surface area contributed by atoms with Crippen molar-refractivity contribution in [1.29, 1.82) is 0 Å². The first kappa shape index (κ1) is 20.5. The fourth-order valence-electron chi connectivity index (χ4n) is 4.69. The van der Waals surface area contributed by atoms with Gasteiger partial charge >= 0.3 is 12.1 Å². The van der Waals surface area contributed by atoms with Crippen LogP contribution in [-0.2, 0) is 15.7 Å². The molecule has 5 nitrogen and oxygen atoms in total. The predicted molar refractivity (Wildman–Crippen MR) is 101 cm³/mol. The van der Waals surface area contributed by atoms with E-state index < -0.39 is 11.7 Å². The van der Waals surface area contributed by atoms with E-state index in [4.69, 9.17) is 9.47 Å². The van der Waals surface area contributed by atoms with Crippen molar-refractivity contribution in [2.24, 2.45) is 5.41 Å². The van der Waals surface area contributed by atoms with Crippen molar-refractivity contribution in [2.75, 3.05) is 32.7 Å². The molecule has 1 unspecified atom stereocenters. The Kier molecular flexibility index (Phi) is 5.75.